The molecule has 0 atom stereocenters. The maximum absolute atomic E-state index is 12.7. The fraction of sp³-hybridized carbons (Fsp3) is 0.320. The Balaban J connectivity index is 1.58. The van der Waals surface area contributed by atoms with Gasteiger partial charge in [-0.1, -0.05) is 29.5 Å². The third-order valence-corrected chi connectivity index (χ3v) is 8.22. The first-order valence-electron chi connectivity index (χ1n) is 11.7. The third kappa shape index (κ3) is 6.00. The Labute approximate surface area is 222 Å². The van der Waals surface area contributed by atoms with Gasteiger partial charge in [0.1, 0.15) is 18.1 Å². The van der Waals surface area contributed by atoms with Crippen LogP contribution in [-0.2, 0) is 46.7 Å². The molecule has 11 nitrogen and oxygen atoms in total. The van der Waals surface area contributed by atoms with Crippen molar-refractivity contribution in [2.24, 2.45) is 4.99 Å². The first-order chi connectivity index (χ1) is 18.1. The van der Waals surface area contributed by atoms with Gasteiger partial charge in [-0.05, 0) is 43.2 Å². The molecule has 1 aromatic heterocycles. The van der Waals surface area contributed by atoms with E-state index in [0.29, 0.717) is 28.9 Å². The highest BCUT2D eigenvalue weighted by atomic mass is 32.2. The molecule has 2 aromatic carbocycles. The van der Waals surface area contributed by atoms with Gasteiger partial charge in [0.2, 0.25) is 5.91 Å². The highest BCUT2D eigenvalue weighted by molar-refractivity contribution is 7.92. The van der Waals surface area contributed by atoms with Crippen LogP contribution in [0.25, 0.3) is 10.2 Å². The summed E-state index contributed by atoms with van der Waals surface area (Å²) < 4.78 is 37.1. The normalized spacial score (nSPS) is 13.4. The van der Waals surface area contributed by atoms with Crippen molar-refractivity contribution >= 4 is 60.8 Å². The standard InChI is InChI=1S/C25H25N3O8S2/c1-3-36-24(32)17-8-9-19-20(12-17)37-25(28(19)13-23(31)35-2)26-21(29)14-38(33,34)15-22(30)27-11-10-16-6-4-5-7-18(16)27/h4-9,12H,3,10-11,13-15H2,1-2H3. The SMILES string of the molecule is CCOC(=O)c1ccc2c(c1)sc(=NC(=O)CS(=O)(=O)CC(=O)N1CCc3ccccc31)n2CC(=O)OC. The number of ether oxygens (including phenoxy) is 2. The average Bonchev–Trinajstić information content (AvgIpc) is 3.44. The quantitative estimate of drug-likeness (QED) is 0.378. The summed E-state index contributed by atoms with van der Waals surface area (Å²) in [7, 11) is -2.92. The van der Waals surface area contributed by atoms with E-state index in [2.05, 4.69) is 4.99 Å². The van der Waals surface area contributed by atoms with Crippen LogP contribution in [0.1, 0.15) is 22.8 Å². The van der Waals surface area contributed by atoms with E-state index < -0.39 is 45.1 Å². The number of nitrogens with zero attached hydrogens (tertiary/aromatic N) is 3. The molecule has 0 fully saturated rings. The molecule has 0 unspecified atom stereocenters. The van der Waals surface area contributed by atoms with Crippen LogP contribution < -0.4 is 9.70 Å². The van der Waals surface area contributed by atoms with Crippen LogP contribution in [0, 0.1) is 0 Å². The van der Waals surface area contributed by atoms with Crippen LogP contribution in [0.5, 0.6) is 0 Å². The number of aromatic nitrogens is 1. The number of hydrogen-bond acceptors (Lipinski definition) is 9. The van der Waals surface area contributed by atoms with Crippen LogP contribution in [0.3, 0.4) is 0 Å². The van der Waals surface area contributed by atoms with Gasteiger partial charge in [-0.3, -0.25) is 14.4 Å². The highest BCUT2D eigenvalue weighted by Crippen LogP contribution is 2.27. The maximum Gasteiger partial charge on any atom is 0.338 e. The van der Waals surface area contributed by atoms with Crippen LogP contribution in [0.15, 0.2) is 47.5 Å². The van der Waals surface area contributed by atoms with Gasteiger partial charge < -0.3 is 18.9 Å². The van der Waals surface area contributed by atoms with Gasteiger partial charge in [-0.2, -0.15) is 4.99 Å². The fourth-order valence-electron chi connectivity index (χ4n) is 4.09. The van der Waals surface area contributed by atoms with Crippen molar-refractivity contribution in [1.29, 1.82) is 0 Å². The smallest absolute Gasteiger partial charge is 0.338 e. The third-order valence-electron chi connectivity index (χ3n) is 5.80. The molecular weight excluding hydrogens is 534 g/mol. The average molecular weight is 560 g/mol. The predicted octanol–water partition coefficient (Wildman–Crippen LogP) is 1.48. The Bertz CT molecular complexity index is 1600. The number of hydrogen-bond donors (Lipinski definition) is 0. The monoisotopic (exact) mass is 559 g/mol. The Morgan fingerprint density at radius 2 is 1.84 bits per heavy atom. The summed E-state index contributed by atoms with van der Waals surface area (Å²) in [5.74, 6) is -4.56. The molecule has 4 rings (SSSR count). The number of rotatable bonds is 8. The molecule has 200 valence electrons. The van der Waals surface area contributed by atoms with E-state index in [0.717, 1.165) is 16.9 Å². The van der Waals surface area contributed by atoms with E-state index in [-0.39, 0.29) is 23.5 Å². The van der Waals surface area contributed by atoms with E-state index in [1.807, 2.05) is 12.1 Å². The summed E-state index contributed by atoms with van der Waals surface area (Å²) in [6, 6.07) is 11.9. The summed E-state index contributed by atoms with van der Waals surface area (Å²) in [5.41, 5.74) is 2.38. The predicted molar refractivity (Wildman–Crippen MR) is 140 cm³/mol. The van der Waals surface area contributed by atoms with Crippen molar-refractivity contribution < 1.29 is 37.1 Å². The molecule has 0 saturated heterocycles. The molecule has 0 radical (unpaired) electrons. The van der Waals surface area contributed by atoms with Gasteiger partial charge in [0.25, 0.3) is 5.91 Å². The molecule has 38 heavy (non-hydrogen) atoms. The minimum Gasteiger partial charge on any atom is -0.468 e. The molecule has 13 heteroatoms. The van der Waals surface area contributed by atoms with Crippen LogP contribution in [0.4, 0.5) is 5.69 Å². The van der Waals surface area contributed by atoms with Gasteiger partial charge >= 0.3 is 11.9 Å². The summed E-state index contributed by atoms with van der Waals surface area (Å²) in [5, 5.41) is 0. The van der Waals surface area contributed by atoms with E-state index >= 15 is 0 Å². The molecule has 1 aliphatic rings. The zero-order valence-electron chi connectivity index (χ0n) is 20.7. The number of fused-ring (bicyclic) bond motifs is 2. The molecular formula is C25H25N3O8S2. The van der Waals surface area contributed by atoms with Gasteiger partial charge in [0, 0.05) is 12.2 Å². The number of thiazole rings is 1. The topological polar surface area (TPSA) is 141 Å². The zero-order chi connectivity index (χ0) is 27.4. The number of para-hydroxylation sites is 1. The summed E-state index contributed by atoms with van der Waals surface area (Å²) in [6.07, 6.45) is 0.625. The lowest BCUT2D eigenvalue weighted by Crippen LogP contribution is -2.36. The first-order valence-corrected chi connectivity index (χ1v) is 14.3. The lowest BCUT2D eigenvalue weighted by molar-refractivity contribution is -0.141. The van der Waals surface area contributed by atoms with Crippen molar-refractivity contribution in [2.75, 3.05) is 36.7 Å². The van der Waals surface area contributed by atoms with Gasteiger partial charge in [-0.15, -0.1) is 0 Å². The minimum absolute atomic E-state index is 0.0476. The number of sulfone groups is 1. The zero-order valence-corrected chi connectivity index (χ0v) is 22.3. The molecule has 2 amide bonds. The van der Waals surface area contributed by atoms with Gasteiger partial charge in [-0.25, -0.2) is 13.2 Å². The summed E-state index contributed by atoms with van der Waals surface area (Å²) >= 11 is 0.997. The second kappa shape index (κ2) is 11.3. The molecule has 0 spiro atoms. The van der Waals surface area contributed by atoms with Crippen molar-refractivity contribution in [1.82, 2.24) is 4.57 Å². The number of benzene rings is 2. The molecule has 0 bridgehead atoms. The Hall–Kier alpha value is -3.84. The van der Waals surface area contributed by atoms with Crippen molar-refractivity contribution in [2.45, 2.75) is 19.9 Å². The largest absolute Gasteiger partial charge is 0.468 e. The minimum atomic E-state index is -4.13. The molecule has 0 saturated carbocycles. The number of carbonyl (C=O) groups is 4. The lowest BCUT2D eigenvalue weighted by atomic mass is 10.2. The number of amides is 2. The first kappa shape index (κ1) is 27.2. The van der Waals surface area contributed by atoms with Crippen molar-refractivity contribution in [3.8, 4) is 0 Å². The van der Waals surface area contributed by atoms with Crippen LogP contribution in [0.2, 0.25) is 0 Å². The fourth-order valence-corrected chi connectivity index (χ4v) is 6.25. The summed E-state index contributed by atoms with van der Waals surface area (Å²) in [6.45, 7) is 1.95. The Morgan fingerprint density at radius 3 is 2.58 bits per heavy atom. The van der Waals surface area contributed by atoms with Crippen molar-refractivity contribution in [3.63, 3.8) is 0 Å². The van der Waals surface area contributed by atoms with Gasteiger partial charge in [0.05, 0.1) is 29.5 Å². The molecule has 1 aliphatic heterocycles. The number of anilines is 1. The number of methoxy groups -OCH3 is 1. The maximum atomic E-state index is 12.7. The second-order valence-electron chi connectivity index (χ2n) is 8.41. The number of carbonyl (C=O) groups excluding carboxylic acids is 4. The summed E-state index contributed by atoms with van der Waals surface area (Å²) in [4.78, 5) is 55.0. The molecule has 0 aliphatic carbocycles. The highest BCUT2D eigenvalue weighted by Gasteiger charge is 2.29. The van der Waals surface area contributed by atoms with E-state index in [9.17, 15) is 27.6 Å². The molecule has 2 heterocycles. The Morgan fingerprint density at radius 1 is 1.08 bits per heavy atom. The van der Waals surface area contributed by atoms with Crippen LogP contribution in [-0.4, -0.2) is 68.5 Å². The molecule has 3 aromatic rings. The van der Waals surface area contributed by atoms with E-state index in [1.54, 1.807) is 31.2 Å². The second-order valence-corrected chi connectivity index (χ2v) is 11.5. The molecule has 0 N–H and O–H groups in total. The van der Waals surface area contributed by atoms with Crippen LogP contribution >= 0.6 is 11.3 Å². The number of esters is 2. The van der Waals surface area contributed by atoms with Gasteiger partial charge in [0.15, 0.2) is 14.6 Å². The lowest BCUT2D eigenvalue weighted by Gasteiger charge is -2.17. The Kier molecular flexibility index (Phi) is 8.07. The van der Waals surface area contributed by atoms with E-state index in [4.69, 9.17) is 9.47 Å². The van der Waals surface area contributed by atoms with E-state index in [1.165, 1.54) is 22.6 Å². The van der Waals surface area contributed by atoms with Crippen molar-refractivity contribution in [3.05, 3.63) is 58.4 Å².